The van der Waals surface area contributed by atoms with E-state index in [4.69, 9.17) is 11.0 Å². The molecule has 0 atom stereocenters. The Kier molecular flexibility index (Phi) is 3.40. The van der Waals surface area contributed by atoms with Crippen LogP contribution in [0.25, 0.3) is 0 Å². The third kappa shape index (κ3) is 2.23. The predicted molar refractivity (Wildman–Crippen MR) is 68.3 cm³/mol. The Bertz CT molecular complexity index is 681. The Balaban J connectivity index is 2.47. The van der Waals surface area contributed by atoms with E-state index in [1.165, 1.54) is 16.9 Å². The molecule has 0 saturated carbocycles. The third-order valence-electron chi connectivity index (χ3n) is 2.96. The summed E-state index contributed by atoms with van der Waals surface area (Å²) >= 11 is 0. The highest BCUT2D eigenvalue weighted by atomic mass is 16.2. The zero-order valence-electron chi connectivity index (χ0n) is 10.7. The molecule has 0 aliphatic carbocycles. The highest BCUT2D eigenvalue weighted by Gasteiger charge is 2.17. The summed E-state index contributed by atoms with van der Waals surface area (Å²) in [4.78, 5) is 16.2. The van der Waals surface area contributed by atoms with Crippen LogP contribution in [0, 0.1) is 25.2 Å². The van der Waals surface area contributed by atoms with Crippen LogP contribution in [0.3, 0.4) is 0 Å². The van der Waals surface area contributed by atoms with Gasteiger partial charge in [-0.15, -0.1) is 0 Å². The number of hydrogen-bond donors (Lipinski definition) is 1. The van der Waals surface area contributed by atoms with Crippen molar-refractivity contribution in [2.45, 2.75) is 20.4 Å². The molecular formula is C13H13N5O. The normalized spacial score (nSPS) is 10.2. The second-order valence-electron chi connectivity index (χ2n) is 4.11. The second-order valence-corrected chi connectivity index (χ2v) is 4.11. The summed E-state index contributed by atoms with van der Waals surface area (Å²) in [6, 6.07) is 4.91. The summed E-state index contributed by atoms with van der Waals surface area (Å²) in [7, 11) is 0. The SMILES string of the molecule is Cc1nn(C(=O)c2ccnc(C#N)c2)c(C)c1CN. The molecule has 0 aliphatic rings. The van der Waals surface area contributed by atoms with Crippen LogP contribution in [0.15, 0.2) is 18.3 Å². The summed E-state index contributed by atoms with van der Waals surface area (Å²) in [5, 5.41) is 13.0. The van der Waals surface area contributed by atoms with Gasteiger partial charge < -0.3 is 5.73 Å². The molecule has 96 valence electrons. The van der Waals surface area contributed by atoms with Crippen molar-refractivity contribution in [3.05, 3.63) is 46.5 Å². The summed E-state index contributed by atoms with van der Waals surface area (Å²) in [6.07, 6.45) is 1.43. The van der Waals surface area contributed by atoms with Gasteiger partial charge in [0.15, 0.2) is 0 Å². The molecule has 0 spiro atoms. The van der Waals surface area contributed by atoms with Crippen molar-refractivity contribution in [3.63, 3.8) is 0 Å². The van der Waals surface area contributed by atoms with E-state index < -0.39 is 0 Å². The van der Waals surface area contributed by atoms with Crippen molar-refractivity contribution < 1.29 is 4.79 Å². The standard InChI is InChI=1S/C13H13N5O/c1-8-12(7-15)9(2)18(17-8)13(19)10-3-4-16-11(5-10)6-14/h3-5H,7,15H2,1-2H3. The molecule has 2 rings (SSSR count). The third-order valence-corrected chi connectivity index (χ3v) is 2.96. The van der Waals surface area contributed by atoms with Crippen LogP contribution >= 0.6 is 0 Å². The number of nitriles is 1. The van der Waals surface area contributed by atoms with Crippen LogP contribution in [0.2, 0.25) is 0 Å². The van der Waals surface area contributed by atoms with E-state index in [1.54, 1.807) is 13.0 Å². The van der Waals surface area contributed by atoms with Crippen molar-refractivity contribution in [3.8, 4) is 6.07 Å². The first-order valence-corrected chi connectivity index (χ1v) is 5.74. The number of aromatic nitrogens is 3. The molecule has 0 fully saturated rings. The molecule has 6 nitrogen and oxygen atoms in total. The van der Waals surface area contributed by atoms with Gasteiger partial charge in [-0.25, -0.2) is 9.67 Å². The van der Waals surface area contributed by atoms with Crippen LogP contribution in [0.4, 0.5) is 0 Å². The zero-order chi connectivity index (χ0) is 14.0. The molecule has 6 heteroatoms. The van der Waals surface area contributed by atoms with E-state index in [1.807, 2.05) is 13.0 Å². The van der Waals surface area contributed by atoms with Gasteiger partial charge in [0.1, 0.15) is 11.8 Å². The lowest BCUT2D eigenvalue weighted by Crippen LogP contribution is -2.16. The number of carbonyl (C=O) groups is 1. The van der Waals surface area contributed by atoms with E-state index in [0.717, 1.165) is 17.0 Å². The van der Waals surface area contributed by atoms with Crippen LogP contribution in [0.1, 0.15) is 33.0 Å². The smallest absolute Gasteiger partial charge is 0.278 e. The van der Waals surface area contributed by atoms with E-state index >= 15 is 0 Å². The minimum Gasteiger partial charge on any atom is -0.326 e. The summed E-state index contributed by atoms with van der Waals surface area (Å²) in [5.74, 6) is -0.292. The van der Waals surface area contributed by atoms with Crippen LogP contribution in [-0.4, -0.2) is 20.7 Å². The number of pyridine rings is 1. The van der Waals surface area contributed by atoms with Crippen molar-refractivity contribution in [2.75, 3.05) is 0 Å². The lowest BCUT2D eigenvalue weighted by molar-refractivity contribution is 0.0942. The van der Waals surface area contributed by atoms with Gasteiger partial charge in [-0.2, -0.15) is 10.4 Å². The predicted octanol–water partition coefficient (Wildman–Crippen LogP) is 0.914. The molecule has 0 unspecified atom stereocenters. The largest absolute Gasteiger partial charge is 0.326 e. The molecule has 0 saturated heterocycles. The average molecular weight is 255 g/mol. The van der Waals surface area contributed by atoms with Gasteiger partial charge in [-0.3, -0.25) is 4.79 Å². The van der Waals surface area contributed by atoms with Crippen molar-refractivity contribution >= 4 is 5.91 Å². The number of rotatable bonds is 2. The van der Waals surface area contributed by atoms with E-state index in [-0.39, 0.29) is 11.6 Å². The number of nitrogens with two attached hydrogens (primary N) is 1. The molecule has 0 aliphatic heterocycles. The molecule has 2 aromatic heterocycles. The van der Waals surface area contributed by atoms with Gasteiger partial charge >= 0.3 is 0 Å². The quantitative estimate of drug-likeness (QED) is 0.860. The minimum absolute atomic E-state index is 0.200. The Hall–Kier alpha value is -2.52. The molecule has 19 heavy (non-hydrogen) atoms. The number of nitrogens with zero attached hydrogens (tertiary/aromatic N) is 4. The first kappa shape index (κ1) is 12.9. The van der Waals surface area contributed by atoms with Gasteiger partial charge in [0.2, 0.25) is 0 Å². The first-order chi connectivity index (χ1) is 9.08. The van der Waals surface area contributed by atoms with Gasteiger partial charge in [0.05, 0.1) is 5.69 Å². The fourth-order valence-electron chi connectivity index (χ4n) is 1.92. The maximum atomic E-state index is 12.3. The Morgan fingerprint density at radius 2 is 2.26 bits per heavy atom. The van der Waals surface area contributed by atoms with Gasteiger partial charge in [0.25, 0.3) is 5.91 Å². The molecule has 0 bridgehead atoms. The Labute approximate surface area is 110 Å². The average Bonchev–Trinajstić information content (AvgIpc) is 2.72. The molecule has 2 heterocycles. The lowest BCUT2D eigenvalue weighted by Gasteiger charge is -2.03. The number of aryl methyl sites for hydroxylation is 1. The minimum atomic E-state index is -0.292. The van der Waals surface area contributed by atoms with Gasteiger partial charge in [-0.05, 0) is 26.0 Å². The summed E-state index contributed by atoms with van der Waals surface area (Å²) < 4.78 is 1.31. The number of hydrogen-bond acceptors (Lipinski definition) is 5. The van der Waals surface area contributed by atoms with E-state index in [0.29, 0.717) is 12.1 Å². The molecule has 0 radical (unpaired) electrons. The van der Waals surface area contributed by atoms with Gasteiger partial charge in [-0.1, -0.05) is 0 Å². The van der Waals surface area contributed by atoms with Crippen molar-refractivity contribution in [1.82, 2.24) is 14.8 Å². The monoisotopic (exact) mass is 255 g/mol. The number of carbonyl (C=O) groups excluding carboxylic acids is 1. The maximum absolute atomic E-state index is 12.3. The summed E-state index contributed by atoms with van der Waals surface area (Å²) in [6.45, 7) is 3.95. The zero-order valence-corrected chi connectivity index (χ0v) is 10.7. The molecule has 2 aromatic rings. The fraction of sp³-hybridized carbons (Fsp3) is 0.231. The second kappa shape index (κ2) is 5.00. The van der Waals surface area contributed by atoms with E-state index in [9.17, 15) is 4.79 Å². The highest BCUT2D eigenvalue weighted by Crippen LogP contribution is 2.14. The molecule has 0 aromatic carbocycles. The van der Waals surface area contributed by atoms with E-state index in [2.05, 4.69) is 10.1 Å². The molecule has 2 N–H and O–H groups in total. The Morgan fingerprint density at radius 3 is 2.84 bits per heavy atom. The lowest BCUT2D eigenvalue weighted by atomic mass is 10.2. The Morgan fingerprint density at radius 1 is 1.53 bits per heavy atom. The van der Waals surface area contributed by atoms with Crippen LogP contribution in [0.5, 0.6) is 0 Å². The summed E-state index contributed by atoms with van der Waals surface area (Å²) in [5.41, 5.74) is 8.53. The van der Waals surface area contributed by atoms with Crippen LogP contribution in [-0.2, 0) is 6.54 Å². The molecular weight excluding hydrogens is 242 g/mol. The molecule has 0 amide bonds. The first-order valence-electron chi connectivity index (χ1n) is 5.74. The maximum Gasteiger partial charge on any atom is 0.278 e. The van der Waals surface area contributed by atoms with Crippen LogP contribution < -0.4 is 5.73 Å². The van der Waals surface area contributed by atoms with Crippen molar-refractivity contribution in [1.29, 1.82) is 5.26 Å². The highest BCUT2D eigenvalue weighted by molar-refractivity contribution is 5.96. The van der Waals surface area contributed by atoms with Gasteiger partial charge in [0, 0.05) is 29.6 Å². The van der Waals surface area contributed by atoms with Crippen molar-refractivity contribution in [2.24, 2.45) is 5.73 Å². The topological polar surface area (TPSA) is 97.6 Å². The fourth-order valence-corrected chi connectivity index (χ4v) is 1.92.